The summed E-state index contributed by atoms with van der Waals surface area (Å²) in [4.78, 5) is 0. The second-order valence-electron chi connectivity index (χ2n) is 2.29. The van der Waals surface area contributed by atoms with Gasteiger partial charge >= 0.3 is 0 Å². The Morgan fingerprint density at radius 3 is 2.50 bits per heavy atom. The predicted octanol–water partition coefficient (Wildman–Crippen LogP) is 2.49. The van der Waals surface area contributed by atoms with Crippen LogP contribution in [0.4, 0.5) is 0 Å². The molecule has 0 spiro atoms. The molecule has 2 rings (SSSR count). The molecule has 4 heteroatoms. The Morgan fingerprint density at radius 2 is 1.92 bits per heavy atom. The van der Waals surface area contributed by atoms with Gasteiger partial charge in [-0.05, 0) is 11.5 Å². The van der Waals surface area contributed by atoms with E-state index < -0.39 is 0 Å². The zero-order valence-electron chi connectivity index (χ0n) is 6.14. The molecule has 0 saturated carbocycles. The van der Waals surface area contributed by atoms with E-state index in [1.165, 1.54) is 11.5 Å². The Hall–Kier alpha value is -0.870. The van der Waals surface area contributed by atoms with Crippen molar-refractivity contribution in [3.8, 4) is 11.3 Å². The van der Waals surface area contributed by atoms with Crippen molar-refractivity contribution in [2.45, 2.75) is 4.21 Å². The van der Waals surface area contributed by atoms with Crippen molar-refractivity contribution >= 4 is 24.2 Å². The van der Waals surface area contributed by atoms with Gasteiger partial charge in [0.1, 0.15) is 9.90 Å². The van der Waals surface area contributed by atoms with E-state index >= 15 is 0 Å². The Balaban J connectivity index is 2.51. The van der Waals surface area contributed by atoms with E-state index in [1.807, 2.05) is 30.3 Å². The van der Waals surface area contributed by atoms with Crippen LogP contribution < -0.4 is 0 Å². The van der Waals surface area contributed by atoms with Gasteiger partial charge in [0.05, 0.1) is 0 Å². The summed E-state index contributed by atoms with van der Waals surface area (Å²) in [6.45, 7) is 0. The van der Waals surface area contributed by atoms with Gasteiger partial charge in [0.25, 0.3) is 0 Å². The molecular weight excluding hydrogens is 188 g/mol. The Bertz CT molecular complexity index is 370. The molecule has 2 aromatic rings. The van der Waals surface area contributed by atoms with Crippen LogP contribution in [-0.4, -0.2) is 9.59 Å². The maximum absolute atomic E-state index is 4.25. The lowest BCUT2D eigenvalue weighted by molar-refractivity contribution is 1.15. The fraction of sp³-hybridized carbons (Fsp3) is 0. The van der Waals surface area contributed by atoms with Crippen LogP contribution in [0.15, 0.2) is 34.5 Å². The first-order valence-corrected chi connectivity index (χ1v) is 4.67. The minimum atomic E-state index is 0.862. The van der Waals surface area contributed by atoms with Gasteiger partial charge in [0, 0.05) is 5.56 Å². The van der Waals surface area contributed by atoms with Crippen LogP contribution in [0, 0.1) is 0 Å². The van der Waals surface area contributed by atoms with Gasteiger partial charge in [-0.3, -0.25) is 0 Å². The number of benzene rings is 1. The van der Waals surface area contributed by atoms with Gasteiger partial charge in [-0.25, -0.2) is 0 Å². The Kier molecular flexibility index (Phi) is 2.10. The van der Waals surface area contributed by atoms with Crippen molar-refractivity contribution in [2.24, 2.45) is 0 Å². The van der Waals surface area contributed by atoms with Crippen LogP contribution in [0.2, 0.25) is 0 Å². The Morgan fingerprint density at radius 1 is 1.17 bits per heavy atom. The van der Waals surface area contributed by atoms with Crippen LogP contribution >= 0.6 is 24.2 Å². The van der Waals surface area contributed by atoms with Crippen LogP contribution in [0.25, 0.3) is 11.3 Å². The monoisotopic (exact) mass is 194 g/mol. The third-order valence-electron chi connectivity index (χ3n) is 1.52. The molecule has 0 unspecified atom stereocenters. The van der Waals surface area contributed by atoms with Crippen LogP contribution in [0.5, 0.6) is 0 Å². The van der Waals surface area contributed by atoms with Gasteiger partial charge in [0.15, 0.2) is 0 Å². The van der Waals surface area contributed by atoms with Crippen molar-refractivity contribution in [3.05, 3.63) is 30.3 Å². The van der Waals surface area contributed by atoms with E-state index in [1.54, 1.807) is 0 Å². The highest BCUT2D eigenvalue weighted by atomic mass is 32.2. The van der Waals surface area contributed by atoms with E-state index in [9.17, 15) is 0 Å². The fourth-order valence-electron chi connectivity index (χ4n) is 0.963. The van der Waals surface area contributed by atoms with Crippen molar-refractivity contribution in [2.75, 3.05) is 0 Å². The summed E-state index contributed by atoms with van der Waals surface area (Å²) in [5, 5.41) is 3.98. The topological polar surface area (TPSA) is 25.8 Å². The molecule has 0 aliphatic carbocycles. The summed E-state index contributed by atoms with van der Waals surface area (Å²) in [5.74, 6) is 0. The lowest BCUT2D eigenvalue weighted by Crippen LogP contribution is -1.77. The standard InChI is InChI=1S/C8H6N2S2/c11-8-7(9-10-12-8)6-4-2-1-3-5-6/h1-5,11H. The van der Waals surface area contributed by atoms with E-state index in [2.05, 4.69) is 22.2 Å². The summed E-state index contributed by atoms with van der Waals surface area (Å²) in [5.41, 5.74) is 1.93. The van der Waals surface area contributed by atoms with Gasteiger partial charge in [-0.1, -0.05) is 34.8 Å². The molecule has 0 radical (unpaired) electrons. The third-order valence-corrected chi connectivity index (χ3v) is 2.50. The molecule has 1 aromatic heterocycles. The molecule has 0 fully saturated rings. The minimum absolute atomic E-state index is 0.862. The molecule has 0 N–H and O–H groups in total. The van der Waals surface area contributed by atoms with E-state index in [-0.39, 0.29) is 0 Å². The quantitative estimate of drug-likeness (QED) is 0.706. The van der Waals surface area contributed by atoms with Gasteiger partial charge in [0.2, 0.25) is 0 Å². The first-order chi connectivity index (χ1) is 5.88. The van der Waals surface area contributed by atoms with Crippen molar-refractivity contribution in [3.63, 3.8) is 0 Å². The number of aromatic nitrogens is 2. The molecule has 0 atom stereocenters. The maximum atomic E-state index is 4.25. The SMILES string of the molecule is Sc1snnc1-c1ccccc1. The lowest BCUT2D eigenvalue weighted by Gasteiger charge is -1.93. The molecular formula is C8H6N2S2. The normalized spacial score (nSPS) is 10.1. The molecule has 0 bridgehead atoms. The Labute approximate surface area is 79.8 Å². The van der Waals surface area contributed by atoms with Crippen molar-refractivity contribution in [1.82, 2.24) is 9.59 Å². The maximum Gasteiger partial charge on any atom is 0.119 e. The smallest absolute Gasteiger partial charge is 0.119 e. The second-order valence-corrected chi connectivity index (χ2v) is 3.80. The second kappa shape index (κ2) is 3.25. The fourth-order valence-corrected chi connectivity index (χ4v) is 1.69. The molecule has 1 heterocycles. The molecule has 0 saturated heterocycles. The first kappa shape index (κ1) is 7.76. The average Bonchev–Trinajstić information content (AvgIpc) is 2.53. The predicted molar refractivity (Wildman–Crippen MR) is 52.6 cm³/mol. The number of nitrogens with zero attached hydrogens (tertiary/aromatic N) is 2. The lowest BCUT2D eigenvalue weighted by atomic mass is 10.2. The average molecular weight is 194 g/mol. The summed E-state index contributed by atoms with van der Waals surface area (Å²) < 4.78 is 4.68. The van der Waals surface area contributed by atoms with Crippen LogP contribution in [0.3, 0.4) is 0 Å². The zero-order chi connectivity index (χ0) is 8.39. The highest BCUT2D eigenvalue weighted by molar-refractivity contribution is 7.82. The number of hydrogen-bond donors (Lipinski definition) is 1. The van der Waals surface area contributed by atoms with Crippen LogP contribution in [0.1, 0.15) is 0 Å². The van der Waals surface area contributed by atoms with Crippen molar-refractivity contribution in [1.29, 1.82) is 0 Å². The van der Waals surface area contributed by atoms with Crippen LogP contribution in [-0.2, 0) is 0 Å². The molecule has 60 valence electrons. The van der Waals surface area contributed by atoms with E-state index in [0.717, 1.165) is 15.5 Å². The molecule has 12 heavy (non-hydrogen) atoms. The largest absolute Gasteiger partial charge is 0.137 e. The number of thiol groups is 1. The van der Waals surface area contributed by atoms with Gasteiger partial charge in [-0.2, -0.15) is 0 Å². The van der Waals surface area contributed by atoms with Gasteiger partial charge in [-0.15, -0.1) is 17.7 Å². The van der Waals surface area contributed by atoms with Gasteiger partial charge < -0.3 is 0 Å². The number of hydrogen-bond acceptors (Lipinski definition) is 4. The molecule has 0 aliphatic rings. The van der Waals surface area contributed by atoms with E-state index in [4.69, 9.17) is 0 Å². The van der Waals surface area contributed by atoms with Crippen molar-refractivity contribution < 1.29 is 0 Å². The summed E-state index contributed by atoms with van der Waals surface area (Å²) in [7, 11) is 0. The summed E-state index contributed by atoms with van der Waals surface area (Å²) >= 11 is 5.56. The van der Waals surface area contributed by atoms with E-state index in [0.29, 0.717) is 0 Å². The molecule has 2 nitrogen and oxygen atoms in total. The molecule has 0 amide bonds. The summed E-state index contributed by atoms with van der Waals surface area (Å²) in [6, 6.07) is 9.91. The first-order valence-electron chi connectivity index (χ1n) is 3.44. The third kappa shape index (κ3) is 1.35. The zero-order valence-corrected chi connectivity index (χ0v) is 7.85. The highest BCUT2D eigenvalue weighted by Crippen LogP contribution is 2.25. The molecule has 1 aromatic carbocycles. The minimum Gasteiger partial charge on any atom is -0.137 e. The molecule has 0 aliphatic heterocycles. The highest BCUT2D eigenvalue weighted by Gasteiger charge is 2.04. The summed E-state index contributed by atoms with van der Waals surface area (Å²) in [6.07, 6.45) is 0. The number of rotatable bonds is 1.